The van der Waals surface area contributed by atoms with Gasteiger partial charge in [-0.05, 0) is 36.8 Å². The third kappa shape index (κ3) is 4.78. The first-order valence-electron chi connectivity index (χ1n) is 9.72. The number of ketones is 1. The summed E-state index contributed by atoms with van der Waals surface area (Å²) in [6.45, 7) is 2.59. The van der Waals surface area contributed by atoms with Gasteiger partial charge in [0.15, 0.2) is 16.8 Å². The summed E-state index contributed by atoms with van der Waals surface area (Å²) < 4.78 is 2.01. The van der Waals surface area contributed by atoms with E-state index in [9.17, 15) is 4.79 Å². The van der Waals surface area contributed by atoms with Crippen molar-refractivity contribution in [2.75, 3.05) is 11.1 Å². The molecular weight excluding hydrogens is 392 g/mol. The van der Waals surface area contributed by atoms with Gasteiger partial charge in [-0.25, -0.2) is 0 Å². The number of benzene rings is 3. The molecule has 0 fully saturated rings. The van der Waals surface area contributed by atoms with Gasteiger partial charge >= 0.3 is 0 Å². The number of nitrogens with zero attached hydrogens (tertiary/aromatic N) is 3. The summed E-state index contributed by atoms with van der Waals surface area (Å²) in [6.07, 6.45) is 0. The van der Waals surface area contributed by atoms with Crippen LogP contribution in [0.2, 0.25) is 0 Å². The maximum Gasteiger partial charge on any atom is 0.196 e. The quantitative estimate of drug-likeness (QED) is 0.319. The number of para-hydroxylation sites is 1. The summed E-state index contributed by atoms with van der Waals surface area (Å²) in [5, 5.41) is 12.9. The van der Waals surface area contributed by atoms with Crippen molar-refractivity contribution in [3.63, 3.8) is 0 Å². The average Bonchev–Trinajstić information content (AvgIpc) is 3.20. The Morgan fingerprint density at radius 3 is 2.40 bits per heavy atom. The standard InChI is InChI=1S/C24H22N4OS/c1-18-9-8-12-20(15-18)25-16-23-26-27-24(28(23)21-13-6-3-7-14-21)30-17-22(29)19-10-4-2-5-11-19/h2-15,25H,16-17H2,1H3. The molecule has 1 N–H and O–H groups in total. The maximum absolute atomic E-state index is 12.5. The van der Waals surface area contributed by atoms with Crippen molar-refractivity contribution in [2.24, 2.45) is 0 Å². The Morgan fingerprint density at radius 2 is 1.67 bits per heavy atom. The largest absolute Gasteiger partial charge is 0.378 e. The number of carbonyl (C=O) groups excluding carboxylic acids is 1. The van der Waals surface area contributed by atoms with Crippen LogP contribution >= 0.6 is 11.8 Å². The van der Waals surface area contributed by atoms with Gasteiger partial charge in [0.25, 0.3) is 0 Å². The van der Waals surface area contributed by atoms with E-state index in [1.807, 2.05) is 77.4 Å². The zero-order valence-corrected chi connectivity index (χ0v) is 17.5. The van der Waals surface area contributed by atoms with Crippen LogP contribution < -0.4 is 5.32 Å². The van der Waals surface area contributed by atoms with Crippen LogP contribution in [0.25, 0.3) is 5.69 Å². The smallest absolute Gasteiger partial charge is 0.196 e. The van der Waals surface area contributed by atoms with Gasteiger partial charge in [0.1, 0.15) is 0 Å². The zero-order chi connectivity index (χ0) is 20.8. The number of anilines is 1. The van der Waals surface area contributed by atoms with Gasteiger partial charge < -0.3 is 5.32 Å². The molecule has 3 aromatic carbocycles. The van der Waals surface area contributed by atoms with Crippen LogP contribution in [-0.4, -0.2) is 26.3 Å². The Balaban J connectivity index is 1.55. The van der Waals surface area contributed by atoms with Gasteiger partial charge in [0.05, 0.1) is 12.3 Å². The van der Waals surface area contributed by atoms with Gasteiger partial charge in [0.2, 0.25) is 0 Å². The number of aryl methyl sites for hydroxylation is 1. The summed E-state index contributed by atoms with van der Waals surface area (Å²) in [5.41, 5.74) is 3.90. The van der Waals surface area contributed by atoms with Crippen molar-refractivity contribution in [3.8, 4) is 5.69 Å². The molecule has 0 bridgehead atoms. The SMILES string of the molecule is Cc1cccc(NCc2nnc(SCC(=O)c3ccccc3)n2-c2ccccc2)c1. The minimum atomic E-state index is 0.0719. The summed E-state index contributed by atoms with van der Waals surface area (Å²) in [6, 6.07) is 27.5. The lowest BCUT2D eigenvalue weighted by Crippen LogP contribution is -2.09. The molecule has 0 spiro atoms. The van der Waals surface area contributed by atoms with Gasteiger partial charge in [-0.1, -0.05) is 72.4 Å². The van der Waals surface area contributed by atoms with E-state index >= 15 is 0 Å². The molecule has 0 saturated carbocycles. The Hall–Kier alpha value is -3.38. The molecule has 0 aliphatic heterocycles. The summed E-state index contributed by atoms with van der Waals surface area (Å²) in [5.74, 6) is 1.17. The molecule has 0 amide bonds. The molecule has 6 heteroatoms. The molecule has 0 saturated heterocycles. The lowest BCUT2D eigenvalue weighted by molar-refractivity contribution is 0.102. The lowest BCUT2D eigenvalue weighted by Gasteiger charge is -2.11. The molecule has 30 heavy (non-hydrogen) atoms. The van der Waals surface area contributed by atoms with Gasteiger partial charge in [-0.15, -0.1) is 10.2 Å². The first-order valence-corrected chi connectivity index (χ1v) is 10.7. The third-order valence-electron chi connectivity index (χ3n) is 4.61. The fourth-order valence-electron chi connectivity index (χ4n) is 3.12. The number of hydrogen-bond acceptors (Lipinski definition) is 5. The lowest BCUT2D eigenvalue weighted by atomic mass is 10.2. The molecule has 0 radical (unpaired) electrons. The molecule has 1 aromatic heterocycles. The third-order valence-corrected chi connectivity index (χ3v) is 5.54. The van der Waals surface area contributed by atoms with Crippen molar-refractivity contribution >= 4 is 23.2 Å². The Labute approximate surface area is 180 Å². The number of carbonyl (C=O) groups is 1. The fourth-order valence-corrected chi connectivity index (χ4v) is 3.98. The molecule has 4 rings (SSSR count). The summed E-state index contributed by atoms with van der Waals surface area (Å²) in [7, 11) is 0. The molecule has 5 nitrogen and oxygen atoms in total. The molecule has 4 aromatic rings. The van der Waals surface area contributed by atoms with E-state index in [1.54, 1.807) is 0 Å². The van der Waals surface area contributed by atoms with Crippen molar-refractivity contribution in [3.05, 3.63) is 102 Å². The number of nitrogens with one attached hydrogen (secondary N) is 1. The minimum Gasteiger partial charge on any atom is -0.378 e. The number of aromatic nitrogens is 3. The average molecular weight is 415 g/mol. The van der Waals surface area contributed by atoms with Crippen LogP contribution in [0.4, 0.5) is 5.69 Å². The second-order valence-corrected chi connectivity index (χ2v) is 7.81. The number of Topliss-reactive ketones (excluding diaryl/α,β-unsaturated/α-hetero) is 1. The van der Waals surface area contributed by atoms with Crippen molar-refractivity contribution in [1.29, 1.82) is 0 Å². The van der Waals surface area contributed by atoms with E-state index in [0.29, 0.717) is 23.0 Å². The van der Waals surface area contributed by atoms with Crippen molar-refractivity contribution in [1.82, 2.24) is 14.8 Å². The first kappa shape index (κ1) is 19.9. The van der Waals surface area contributed by atoms with Gasteiger partial charge in [0, 0.05) is 16.9 Å². The van der Waals surface area contributed by atoms with E-state index in [1.165, 1.54) is 17.3 Å². The molecule has 0 atom stereocenters. The molecule has 0 unspecified atom stereocenters. The van der Waals surface area contributed by atoms with Crippen LogP contribution in [0.3, 0.4) is 0 Å². The molecule has 0 aliphatic carbocycles. The van der Waals surface area contributed by atoms with Crippen LogP contribution in [0.15, 0.2) is 90.1 Å². The van der Waals surface area contributed by atoms with Crippen LogP contribution in [0, 0.1) is 6.92 Å². The number of hydrogen-bond donors (Lipinski definition) is 1. The molecule has 1 heterocycles. The minimum absolute atomic E-state index is 0.0719. The van der Waals surface area contributed by atoms with E-state index in [2.05, 4.69) is 34.6 Å². The normalized spacial score (nSPS) is 10.7. The van der Waals surface area contributed by atoms with E-state index in [0.717, 1.165) is 17.2 Å². The molecule has 0 aliphatic rings. The van der Waals surface area contributed by atoms with Gasteiger partial charge in [-0.2, -0.15) is 0 Å². The van der Waals surface area contributed by atoms with Crippen molar-refractivity contribution in [2.45, 2.75) is 18.6 Å². The Bertz CT molecular complexity index is 1130. The van der Waals surface area contributed by atoms with E-state index in [-0.39, 0.29) is 5.78 Å². The van der Waals surface area contributed by atoms with Gasteiger partial charge in [-0.3, -0.25) is 9.36 Å². The Morgan fingerprint density at radius 1 is 0.933 bits per heavy atom. The monoisotopic (exact) mass is 414 g/mol. The Kier molecular flexibility index (Phi) is 6.25. The molecule has 150 valence electrons. The zero-order valence-electron chi connectivity index (χ0n) is 16.7. The number of thioether (sulfide) groups is 1. The first-order chi connectivity index (χ1) is 14.7. The van der Waals surface area contributed by atoms with Crippen LogP contribution in [0.1, 0.15) is 21.7 Å². The molecular formula is C24H22N4OS. The highest BCUT2D eigenvalue weighted by molar-refractivity contribution is 7.99. The summed E-state index contributed by atoms with van der Waals surface area (Å²) >= 11 is 1.40. The van der Waals surface area contributed by atoms with E-state index in [4.69, 9.17) is 0 Å². The topological polar surface area (TPSA) is 59.8 Å². The number of rotatable bonds is 8. The van der Waals surface area contributed by atoms with E-state index < -0.39 is 0 Å². The second kappa shape index (κ2) is 9.41. The maximum atomic E-state index is 12.5. The highest BCUT2D eigenvalue weighted by Crippen LogP contribution is 2.23. The van der Waals surface area contributed by atoms with Crippen LogP contribution in [0.5, 0.6) is 0 Å². The summed E-state index contributed by atoms with van der Waals surface area (Å²) in [4.78, 5) is 12.5. The predicted molar refractivity (Wildman–Crippen MR) is 121 cm³/mol. The van der Waals surface area contributed by atoms with Crippen LogP contribution in [-0.2, 0) is 6.54 Å². The highest BCUT2D eigenvalue weighted by Gasteiger charge is 2.16. The second-order valence-electron chi connectivity index (χ2n) is 6.87. The fraction of sp³-hybridized carbons (Fsp3) is 0.125. The van der Waals surface area contributed by atoms with Crippen molar-refractivity contribution < 1.29 is 4.79 Å². The highest BCUT2D eigenvalue weighted by atomic mass is 32.2. The predicted octanol–water partition coefficient (Wildman–Crippen LogP) is 5.16.